The number of ether oxygens (including phenoxy) is 1. The zero-order valence-electron chi connectivity index (χ0n) is 16.4. The largest absolute Gasteiger partial charge is 0.489 e. The van der Waals surface area contributed by atoms with E-state index in [2.05, 4.69) is 41.6 Å². The third-order valence-corrected chi connectivity index (χ3v) is 4.32. The van der Waals surface area contributed by atoms with Crippen molar-refractivity contribution in [3.8, 4) is 22.9 Å². The fraction of sp³-hybridized carbons (Fsp3) is 0.200. The van der Waals surface area contributed by atoms with Gasteiger partial charge in [-0.3, -0.25) is 4.68 Å². The molecule has 10 nitrogen and oxygen atoms in total. The number of aromatic nitrogens is 7. The molecule has 4 aromatic rings. The summed E-state index contributed by atoms with van der Waals surface area (Å²) in [5, 5.41) is 24.4. The lowest BCUT2D eigenvalue weighted by Crippen LogP contribution is -2.16. The van der Waals surface area contributed by atoms with Crippen LogP contribution in [0.4, 0.5) is 11.6 Å². The van der Waals surface area contributed by atoms with Crippen LogP contribution in [-0.4, -0.2) is 41.0 Å². The minimum atomic E-state index is -0.192. The molecule has 4 rings (SSSR count). The molecule has 0 radical (unpaired) electrons. The highest BCUT2D eigenvalue weighted by Gasteiger charge is 2.13. The second kappa shape index (κ2) is 8.40. The summed E-state index contributed by atoms with van der Waals surface area (Å²) in [6.07, 6.45) is 8.85. The smallest absolute Gasteiger partial charge is 0.227 e. The number of hydrogen-bond donors (Lipinski definition) is 2. The Labute approximate surface area is 172 Å². The van der Waals surface area contributed by atoms with Crippen LogP contribution < -0.4 is 10.1 Å². The number of nitriles is 1. The molecule has 0 fully saturated rings. The van der Waals surface area contributed by atoms with Crippen LogP contribution in [0.3, 0.4) is 0 Å². The van der Waals surface area contributed by atoms with E-state index in [4.69, 9.17) is 4.74 Å². The first-order chi connectivity index (χ1) is 14.6. The van der Waals surface area contributed by atoms with Gasteiger partial charge in [0.15, 0.2) is 0 Å². The Morgan fingerprint density at radius 3 is 2.73 bits per heavy atom. The van der Waals surface area contributed by atoms with Crippen LogP contribution in [0, 0.1) is 11.3 Å². The number of anilines is 2. The Bertz CT molecular complexity index is 1160. The second-order valence-corrected chi connectivity index (χ2v) is 6.71. The summed E-state index contributed by atoms with van der Waals surface area (Å²) < 4.78 is 7.70. The summed E-state index contributed by atoms with van der Waals surface area (Å²) in [5.41, 5.74) is 2.92. The van der Waals surface area contributed by atoms with Crippen molar-refractivity contribution in [1.82, 2.24) is 34.9 Å². The van der Waals surface area contributed by atoms with Gasteiger partial charge in [-0.15, -0.1) is 10.2 Å². The number of benzene rings is 1. The van der Waals surface area contributed by atoms with Gasteiger partial charge in [-0.05, 0) is 24.6 Å². The molecule has 0 saturated heterocycles. The molecule has 0 saturated carbocycles. The molecule has 0 aliphatic heterocycles. The maximum Gasteiger partial charge on any atom is 0.227 e. The van der Waals surface area contributed by atoms with Crippen LogP contribution in [0.5, 0.6) is 5.75 Å². The molecule has 0 bridgehead atoms. The van der Waals surface area contributed by atoms with E-state index in [0.717, 1.165) is 22.6 Å². The molecule has 150 valence electrons. The molecule has 1 unspecified atom stereocenters. The van der Waals surface area contributed by atoms with Gasteiger partial charge in [0.05, 0.1) is 17.4 Å². The number of rotatable bonds is 7. The van der Waals surface area contributed by atoms with E-state index < -0.39 is 0 Å². The fourth-order valence-corrected chi connectivity index (χ4v) is 2.91. The minimum Gasteiger partial charge on any atom is -0.489 e. The summed E-state index contributed by atoms with van der Waals surface area (Å²) in [6.45, 7) is 1.92. The van der Waals surface area contributed by atoms with Gasteiger partial charge >= 0.3 is 0 Å². The van der Waals surface area contributed by atoms with E-state index >= 15 is 0 Å². The van der Waals surface area contributed by atoms with Crippen LogP contribution in [0.1, 0.15) is 18.3 Å². The van der Waals surface area contributed by atoms with Crippen LogP contribution in [0.25, 0.3) is 11.1 Å². The Morgan fingerprint density at radius 2 is 2.07 bits per heavy atom. The second-order valence-electron chi connectivity index (χ2n) is 6.71. The van der Waals surface area contributed by atoms with Crippen LogP contribution >= 0.6 is 0 Å². The van der Waals surface area contributed by atoms with Crippen molar-refractivity contribution >= 4 is 11.6 Å². The number of nitrogens with zero attached hydrogens (tertiary/aromatic N) is 7. The zero-order valence-corrected chi connectivity index (χ0v) is 16.4. The lowest BCUT2D eigenvalue weighted by Gasteiger charge is -2.15. The van der Waals surface area contributed by atoms with Crippen LogP contribution in [0.15, 0.2) is 49.3 Å². The van der Waals surface area contributed by atoms with Crippen LogP contribution in [-0.2, 0) is 13.5 Å². The Morgan fingerprint density at radius 1 is 1.23 bits per heavy atom. The van der Waals surface area contributed by atoms with Gasteiger partial charge in [-0.2, -0.15) is 10.4 Å². The van der Waals surface area contributed by atoms with Crippen molar-refractivity contribution in [2.45, 2.75) is 19.4 Å². The van der Waals surface area contributed by atoms with Crippen molar-refractivity contribution in [2.24, 2.45) is 7.05 Å². The molecule has 3 heterocycles. The quantitative estimate of drug-likeness (QED) is 0.483. The molecule has 1 aromatic carbocycles. The average Bonchev–Trinajstić information content (AvgIpc) is 3.40. The third-order valence-electron chi connectivity index (χ3n) is 4.32. The van der Waals surface area contributed by atoms with Gasteiger partial charge in [0.1, 0.15) is 30.1 Å². The van der Waals surface area contributed by atoms with E-state index in [1.807, 2.05) is 32.3 Å². The predicted octanol–water partition coefficient (Wildman–Crippen LogP) is 2.62. The first kappa shape index (κ1) is 19.1. The fourth-order valence-electron chi connectivity index (χ4n) is 2.91. The number of aromatic amines is 1. The summed E-state index contributed by atoms with van der Waals surface area (Å²) >= 11 is 0. The number of H-pyrrole nitrogens is 1. The highest BCUT2D eigenvalue weighted by atomic mass is 16.5. The van der Waals surface area contributed by atoms with Crippen molar-refractivity contribution in [3.05, 3.63) is 60.7 Å². The van der Waals surface area contributed by atoms with Crippen molar-refractivity contribution in [2.75, 3.05) is 5.32 Å². The van der Waals surface area contributed by atoms with E-state index in [9.17, 15) is 5.26 Å². The van der Waals surface area contributed by atoms with Crippen LogP contribution in [0.2, 0.25) is 0 Å². The normalized spacial score (nSPS) is 11.6. The van der Waals surface area contributed by atoms with Gasteiger partial charge < -0.3 is 15.0 Å². The molecular weight excluding hydrogens is 382 g/mol. The summed E-state index contributed by atoms with van der Waals surface area (Å²) in [5.74, 6) is 1.69. The van der Waals surface area contributed by atoms with Gasteiger partial charge in [0.25, 0.3) is 0 Å². The highest BCUT2D eigenvalue weighted by molar-refractivity contribution is 5.66. The SMILES string of the molecule is CC(Cc1nnc[nH]1)Oc1cc(-c2cnc(Nc3cnn(C)c3)nc2)ccc1C#N. The van der Waals surface area contributed by atoms with E-state index in [-0.39, 0.29) is 6.10 Å². The first-order valence-corrected chi connectivity index (χ1v) is 9.24. The monoisotopic (exact) mass is 401 g/mol. The zero-order chi connectivity index (χ0) is 20.9. The van der Waals surface area contributed by atoms with Crippen molar-refractivity contribution in [1.29, 1.82) is 5.26 Å². The lowest BCUT2D eigenvalue weighted by molar-refractivity contribution is 0.219. The molecule has 3 aromatic heterocycles. The molecule has 30 heavy (non-hydrogen) atoms. The molecule has 10 heteroatoms. The van der Waals surface area contributed by atoms with Crippen molar-refractivity contribution < 1.29 is 4.74 Å². The Hall–Kier alpha value is -4.26. The standard InChI is InChI=1S/C20H19N9O/c1-13(5-19-24-12-25-28-19)30-18-6-14(3-4-15(18)7-21)16-8-22-20(23-9-16)27-17-10-26-29(2)11-17/h3-4,6,8-13H,5H2,1-2H3,(H,22,23,27)(H,24,25,28). The summed E-state index contributed by atoms with van der Waals surface area (Å²) in [7, 11) is 1.84. The number of aryl methyl sites for hydroxylation is 1. The summed E-state index contributed by atoms with van der Waals surface area (Å²) in [6, 6.07) is 7.57. The topological polar surface area (TPSA) is 130 Å². The van der Waals surface area contributed by atoms with E-state index in [0.29, 0.717) is 23.7 Å². The third kappa shape index (κ3) is 4.41. The van der Waals surface area contributed by atoms with Gasteiger partial charge in [0.2, 0.25) is 5.95 Å². The van der Waals surface area contributed by atoms with Gasteiger partial charge in [-0.1, -0.05) is 6.07 Å². The number of nitrogens with one attached hydrogen (secondary N) is 2. The first-order valence-electron chi connectivity index (χ1n) is 9.24. The van der Waals surface area contributed by atoms with Gasteiger partial charge in [0, 0.05) is 37.6 Å². The lowest BCUT2D eigenvalue weighted by atomic mass is 10.1. The predicted molar refractivity (Wildman–Crippen MR) is 109 cm³/mol. The van der Waals surface area contributed by atoms with Crippen molar-refractivity contribution in [3.63, 3.8) is 0 Å². The molecule has 0 aliphatic carbocycles. The number of hydrogen-bond acceptors (Lipinski definition) is 8. The minimum absolute atomic E-state index is 0.192. The maximum atomic E-state index is 9.43. The molecular formula is C20H19N9O. The van der Waals surface area contributed by atoms with Gasteiger partial charge in [-0.25, -0.2) is 9.97 Å². The van der Waals surface area contributed by atoms with E-state index in [1.54, 1.807) is 29.3 Å². The summed E-state index contributed by atoms with van der Waals surface area (Å²) in [4.78, 5) is 11.7. The molecule has 2 N–H and O–H groups in total. The highest BCUT2D eigenvalue weighted by Crippen LogP contribution is 2.28. The molecule has 0 spiro atoms. The molecule has 1 atom stereocenters. The molecule has 0 aliphatic rings. The van der Waals surface area contributed by atoms with E-state index in [1.165, 1.54) is 6.33 Å². The maximum absolute atomic E-state index is 9.43. The molecule has 0 amide bonds. The Kier molecular flexibility index (Phi) is 5.34. The Balaban J connectivity index is 1.51. The average molecular weight is 401 g/mol.